The van der Waals surface area contributed by atoms with Crippen molar-refractivity contribution in [3.8, 4) is 0 Å². The van der Waals surface area contributed by atoms with Gasteiger partial charge in [-0.05, 0) is 25.5 Å². The molecule has 0 bridgehead atoms. The first-order valence-corrected chi connectivity index (χ1v) is 6.24. The van der Waals surface area contributed by atoms with Crippen LogP contribution in [-0.2, 0) is 0 Å². The second-order valence-electron chi connectivity index (χ2n) is 3.73. The number of pyridine rings is 1. The Balaban J connectivity index is 1.92. The number of nitrogens with zero attached hydrogens (tertiary/aromatic N) is 3. The van der Waals surface area contributed by atoms with Crippen molar-refractivity contribution in [1.29, 1.82) is 0 Å². The highest BCUT2D eigenvalue weighted by atomic mass is 32.1. The lowest BCUT2D eigenvalue weighted by atomic mass is 10.1. The first-order chi connectivity index (χ1) is 8.65. The third kappa shape index (κ3) is 3.24. The molecule has 94 valence electrons. The largest absolute Gasteiger partial charge is 0.331 e. The minimum Gasteiger partial charge on any atom is -0.331 e. The van der Waals surface area contributed by atoms with Crippen LogP contribution in [0.5, 0.6) is 0 Å². The fourth-order valence-corrected chi connectivity index (χ4v) is 1.98. The number of amides is 2. The van der Waals surface area contributed by atoms with Crippen molar-refractivity contribution in [1.82, 2.24) is 20.5 Å². The van der Waals surface area contributed by atoms with Gasteiger partial charge in [0.1, 0.15) is 5.01 Å². The molecule has 0 saturated carbocycles. The van der Waals surface area contributed by atoms with Crippen LogP contribution in [0.3, 0.4) is 0 Å². The maximum atomic E-state index is 11.7. The quantitative estimate of drug-likeness (QED) is 0.889. The van der Waals surface area contributed by atoms with Gasteiger partial charge in [-0.2, -0.15) is 0 Å². The van der Waals surface area contributed by atoms with E-state index in [-0.39, 0.29) is 12.1 Å². The lowest BCUT2D eigenvalue weighted by Gasteiger charge is -2.13. The molecular formula is C11H13N5OS. The van der Waals surface area contributed by atoms with Gasteiger partial charge in [0.15, 0.2) is 0 Å². The number of rotatable bonds is 3. The SMILES string of the molecule is Cc1nnc(NC(=O)N[C@@H](C)c2cccnc2)s1. The third-order valence-corrected chi connectivity index (χ3v) is 3.03. The van der Waals surface area contributed by atoms with Crippen molar-refractivity contribution in [2.24, 2.45) is 0 Å². The molecule has 0 aromatic carbocycles. The van der Waals surface area contributed by atoms with Gasteiger partial charge in [-0.25, -0.2) is 4.79 Å². The van der Waals surface area contributed by atoms with Gasteiger partial charge in [-0.15, -0.1) is 10.2 Å². The molecule has 0 saturated heterocycles. The molecule has 2 N–H and O–H groups in total. The average molecular weight is 263 g/mol. The second-order valence-corrected chi connectivity index (χ2v) is 4.91. The number of nitrogens with one attached hydrogen (secondary N) is 2. The molecule has 0 aliphatic heterocycles. The van der Waals surface area contributed by atoms with Crippen molar-refractivity contribution in [3.05, 3.63) is 35.1 Å². The third-order valence-electron chi connectivity index (χ3n) is 2.28. The Morgan fingerprint density at radius 1 is 1.44 bits per heavy atom. The zero-order valence-electron chi connectivity index (χ0n) is 10.0. The molecule has 0 aliphatic rings. The molecular weight excluding hydrogens is 250 g/mol. The Morgan fingerprint density at radius 3 is 2.89 bits per heavy atom. The summed E-state index contributed by atoms with van der Waals surface area (Å²) in [6.07, 6.45) is 3.42. The molecule has 0 aliphatic carbocycles. The van der Waals surface area contributed by atoms with E-state index in [0.717, 1.165) is 10.6 Å². The van der Waals surface area contributed by atoms with Gasteiger partial charge in [0.05, 0.1) is 6.04 Å². The van der Waals surface area contributed by atoms with E-state index >= 15 is 0 Å². The van der Waals surface area contributed by atoms with E-state index in [9.17, 15) is 4.79 Å². The topological polar surface area (TPSA) is 79.8 Å². The predicted molar refractivity (Wildman–Crippen MR) is 69.5 cm³/mol. The molecule has 0 unspecified atom stereocenters. The van der Waals surface area contributed by atoms with E-state index in [4.69, 9.17) is 0 Å². The standard InChI is InChI=1S/C11H13N5OS/c1-7(9-4-3-5-12-6-9)13-10(17)14-11-16-15-8(2)18-11/h3-7H,1-2H3,(H2,13,14,16,17)/t7-/m0/s1. The molecule has 18 heavy (non-hydrogen) atoms. The minimum atomic E-state index is -0.303. The van der Waals surface area contributed by atoms with Crippen LogP contribution in [0, 0.1) is 6.92 Å². The first kappa shape index (κ1) is 12.4. The lowest BCUT2D eigenvalue weighted by Crippen LogP contribution is -2.31. The van der Waals surface area contributed by atoms with Crippen molar-refractivity contribution in [3.63, 3.8) is 0 Å². The maximum Gasteiger partial charge on any atom is 0.321 e. The van der Waals surface area contributed by atoms with Crippen LogP contribution in [0.2, 0.25) is 0 Å². The summed E-state index contributed by atoms with van der Waals surface area (Å²) in [6, 6.07) is 3.32. The maximum absolute atomic E-state index is 11.7. The number of aryl methyl sites for hydroxylation is 1. The Labute approximate surface area is 108 Å². The second kappa shape index (κ2) is 5.54. The number of hydrogen-bond donors (Lipinski definition) is 2. The van der Waals surface area contributed by atoms with Crippen LogP contribution < -0.4 is 10.6 Å². The summed E-state index contributed by atoms with van der Waals surface area (Å²) < 4.78 is 0. The van der Waals surface area contributed by atoms with Crippen molar-refractivity contribution in [2.75, 3.05) is 5.32 Å². The summed E-state index contributed by atoms with van der Waals surface area (Å²) in [4.78, 5) is 15.7. The van der Waals surface area contributed by atoms with Crippen LogP contribution in [0.1, 0.15) is 23.5 Å². The highest BCUT2D eigenvalue weighted by molar-refractivity contribution is 7.15. The van der Waals surface area contributed by atoms with Crippen LogP contribution in [0.15, 0.2) is 24.5 Å². The lowest BCUT2D eigenvalue weighted by molar-refractivity contribution is 0.249. The average Bonchev–Trinajstić information content (AvgIpc) is 2.75. The van der Waals surface area contributed by atoms with Gasteiger partial charge in [-0.3, -0.25) is 10.3 Å². The number of aromatic nitrogens is 3. The first-order valence-electron chi connectivity index (χ1n) is 5.42. The fraction of sp³-hybridized carbons (Fsp3) is 0.273. The van der Waals surface area contributed by atoms with E-state index in [2.05, 4.69) is 25.8 Å². The van der Waals surface area contributed by atoms with Gasteiger partial charge in [0, 0.05) is 12.4 Å². The number of anilines is 1. The highest BCUT2D eigenvalue weighted by Gasteiger charge is 2.11. The monoisotopic (exact) mass is 263 g/mol. The number of carbonyl (C=O) groups is 1. The summed E-state index contributed by atoms with van der Waals surface area (Å²) in [5.74, 6) is 0. The van der Waals surface area contributed by atoms with Gasteiger partial charge in [0.25, 0.3) is 0 Å². The zero-order chi connectivity index (χ0) is 13.0. The molecule has 0 spiro atoms. The van der Waals surface area contributed by atoms with Gasteiger partial charge >= 0.3 is 6.03 Å². The summed E-state index contributed by atoms with van der Waals surface area (Å²) >= 11 is 1.33. The van der Waals surface area contributed by atoms with Crippen molar-refractivity contribution < 1.29 is 4.79 Å². The molecule has 2 rings (SSSR count). The summed E-state index contributed by atoms with van der Waals surface area (Å²) in [6.45, 7) is 3.72. The van der Waals surface area contributed by atoms with Crippen LogP contribution in [-0.4, -0.2) is 21.2 Å². The molecule has 2 aromatic rings. The number of carbonyl (C=O) groups excluding carboxylic acids is 1. The molecule has 0 fully saturated rings. The van der Waals surface area contributed by atoms with Crippen LogP contribution in [0.4, 0.5) is 9.93 Å². The van der Waals surface area contributed by atoms with Gasteiger partial charge < -0.3 is 5.32 Å². The van der Waals surface area contributed by atoms with Crippen molar-refractivity contribution in [2.45, 2.75) is 19.9 Å². The predicted octanol–water partition coefficient (Wildman–Crippen LogP) is 2.12. The molecule has 7 heteroatoms. The Kier molecular flexibility index (Phi) is 3.83. The van der Waals surface area contributed by atoms with Crippen molar-refractivity contribution >= 4 is 22.5 Å². The number of urea groups is 1. The van der Waals surface area contributed by atoms with E-state index < -0.39 is 0 Å². The van der Waals surface area contributed by atoms with E-state index in [1.165, 1.54) is 11.3 Å². The van der Waals surface area contributed by atoms with Crippen LogP contribution in [0.25, 0.3) is 0 Å². The van der Waals surface area contributed by atoms with E-state index in [1.54, 1.807) is 12.4 Å². The Hall–Kier alpha value is -2.02. The summed E-state index contributed by atoms with van der Waals surface area (Å²) in [5.41, 5.74) is 0.945. The fourth-order valence-electron chi connectivity index (χ4n) is 1.39. The highest BCUT2D eigenvalue weighted by Crippen LogP contribution is 2.14. The summed E-state index contributed by atoms with van der Waals surface area (Å²) in [5, 5.41) is 14.4. The van der Waals surface area contributed by atoms with Gasteiger partial charge in [0.2, 0.25) is 5.13 Å². The molecule has 1 atom stereocenters. The van der Waals surface area contributed by atoms with E-state index in [0.29, 0.717) is 5.13 Å². The van der Waals surface area contributed by atoms with Gasteiger partial charge in [-0.1, -0.05) is 17.4 Å². The normalized spacial score (nSPS) is 11.9. The minimum absolute atomic E-state index is 0.118. The molecule has 2 heterocycles. The number of hydrogen-bond acceptors (Lipinski definition) is 5. The molecule has 6 nitrogen and oxygen atoms in total. The molecule has 2 amide bonds. The zero-order valence-corrected chi connectivity index (χ0v) is 10.9. The summed E-state index contributed by atoms with van der Waals surface area (Å²) in [7, 11) is 0. The molecule has 0 radical (unpaired) electrons. The Bertz CT molecular complexity index is 527. The van der Waals surface area contributed by atoms with Crippen LogP contribution >= 0.6 is 11.3 Å². The smallest absolute Gasteiger partial charge is 0.321 e. The Morgan fingerprint density at radius 2 is 2.28 bits per heavy atom. The van der Waals surface area contributed by atoms with E-state index in [1.807, 2.05) is 26.0 Å². The molecule has 2 aromatic heterocycles.